The second kappa shape index (κ2) is 13.3. The molecule has 0 heterocycles. The van der Waals surface area contributed by atoms with Gasteiger partial charge < -0.3 is 0 Å². The van der Waals surface area contributed by atoms with Gasteiger partial charge in [0, 0.05) is 22.3 Å². The van der Waals surface area contributed by atoms with Crippen LogP contribution in [0.2, 0.25) is 5.02 Å². The standard InChI is InChI=1S/C19H13ClO.C19H14O/c20-18-9-5-4-8-17(18)19(21)16-12-10-15(11-13-16)14-6-2-1-3-7-14;20-19(17-9-5-2-6-10-17)18-13-11-16(12-14-18)15-7-3-1-4-8-15/h1-13H;1-14H. The molecule has 0 aliphatic rings. The van der Waals surface area contributed by atoms with E-state index in [1.807, 2.05) is 140 Å². The summed E-state index contributed by atoms with van der Waals surface area (Å²) in [7, 11) is 0. The quantitative estimate of drug-likeness (QED) is 0.193. The van der Waals surface area contributed by atoms with Crippen LogP contribution >= 0.6 is 11.6 Å². The van der Waals surface area contributed by atoms with Crippen molar-refractivity contribution in [2.24, 2.45) is 0 Å². The average Bonchev–Trinajstić information content (AvgIpc) is 3.06. The number of rotatable bonds is 6. The summed E-state index contributed by atoms with van der Waals surface area (Å²) >= 11 is 6.08. The van der Waals surface area contributed by atoms with Gasteiger partial charge in [0.25, 0.3) is 0 Å². The Bertz CT molecular complexity index is 1730. The van der Waals surface area contributed by atoms with E-state index < -0.39 is 0 Å². The van der Waals surface area contributed by atoms with Crippen LogP contribution in [0.25, 0.3) is 22.3 Å². The van der Waals surface area contributed by atoms with Gasteiger partial charge in [-0.3, -0.25) is 9.59 Å². The Hall–Kier alpha value is -5.05. The minimum absolute atomic E-state index is 0.0554. The molecule has 2 nitrogen and oxygen atoms in total. The monoisotopic (exact) mass is 550 g/mol. The summed E-state index contributed by atoms with van der Waals surface area (Å²) in [5.74, 6) is 0.00502. The van der Waals surface area contributed by atoms with Crippen molar-refractivity contribution in [2.45, 2.75) is 0 Å². The molecular formula is C38H27ClO2. The fourth-order valence-electron chi connectivity index (χ4n) is 4.45. The maximum atomic E-state index is 12.4. The minimum Gasteiger partial charge on any atom is -0.289 e. The molecular weight excluding hydrogens is 524 g/mol. The lowest BCUT2D eigenvalue weighted by atomic mass is 9.99. The summed E-state index contributed by atoms with van der Waals surface area (Å²) < 4.78 is 0. The lowest BCUT2D eigenvalue weighted by molar-refractivity contribution is 0.103. The molecule has 198 valence electrons. The van der Waals surface area contributed by atoms with E-state index in [1.165, 1.54) is 0 Å². The lowest BCUT2D eigenvalue weighted by Crippen LogP contribution is -2.01. The van der Waals surface area contributed by atoms with Crippen molar-refractivity contribution in [3.05, 3.63) is 191 Å². The van der Waals surface area contributed by atoms with Gasteiger partial charge in [-0.2, -0.15) is 0 Å². The summed E-state index contributed by atoms with van der Waals surface area (Å²) in [5.41, 5.74) is 7.12. The van der Waals surface area contributed by atoms with Crippen LogP contribution in [0.4, 0.5) is 0 Å². The van der Waals surface area contributed by atoms with Crippen LogP contribution in [-0.2, 0) is 0 Å². The molecule has 0 spiro atoms. The number of hydrogen-bond acceptors (Lipinski definition) is 2. The third-order valence-electron chi connectivity index (χ3n) is 6.66. The molecule has 0 atom stereocenters. The molecule has 0 amide bonds. The van der Waals surface area contributed by atoms with Gasteiger partial charge in [-0.1, -0.05) is 163 Å². The Kier molecular flexibility index (Phi) is 8.95. The Labute approximate surface area is 245 Å². The first-order valence-electron chi connectivity index (χ1n) is 13.3. The summed E-state index contributed by atoms with van der Waals surface area (Å²) in [5, 5.41) is 0.481. The van der Waals surface area contributed by atoms with Crippen LogP contribution in [-0.4, -0.2) is 11.6 Å². The van der Waals surface area contributed by atoms with E-state index in [4.69, 9.17) is 11.6 Å². The van der Waals surface area contributed by atoms with Crippen LogP contribution < -0.4 is 0 Å². The molecule has 0 bridgehead atoms. The van der Waals surface area contributed by atoms with Crippen LogP contribution in [0.15, 0.2) is 164 Å². The third-order valence-corrected chi connectivity index (χ3v) is 6.99. The zero-order chi connectivity index (χ0) is 28.4. The van der Waals surface area contributed by atoms with E-state index in [2.05, 4.69) is 12.1 Å². The first-order valence-corrected chi connectivity index (χ1v) is 13.7. The number of ketones is 2. The fraction of sp³-hybridized carbons (Fsp3) is 0. The van der Waals surface area contributed by atoms with Crippen molar-refractivity contribution in [2.75, 3.05) is 0 Å². The SMILES string of the molecule is O=C(c1ccc(-c2ccccc2)cc1)c1ccccc1Cl.O=C(c1ccccc1)c1ccc(-c2ccccc2)cc1. The van der Waals surface area contributed by atoms with Gasteiger partial charge in [0.1, 0.15) is 0 Å². The Morgan fingerprint density at radius 2 is 0.683 bits per heavy atom. The molecule has 6 rings (SSSR count). The highest BCUT2D eigenvalue weighted by Crippen LogP contribution is 2.23. The molecule has 0 aromatic heterocycles. The largest absolute Gasteiger partial charge is 0.289 e. The number of benzene rings is 6. The summed E-state index contributed by atoms with van der Waals surface area (Å²) in [6.07, 6.45) is 0. The van der Waals surface area contributed by atoms with E-state index in [1.54, 1.807) is 12.1 Å². The van der Waals surface area contributed by atoms with Gasteiger partial charge in [-0.05, 0) is 34.4 Å². The molecule has 0 saturated carbocycles. The minimum atomic E-state index is -0.0554. The molecule has 41 heavy (non-hydrogen) atoms. The molecule has 0 aliphatic heterocycles. The van der Waals surface area contributed by atoms with Gasteiger partial charge in [-0.25, -0.2) is 0 Å². The van der Waals surface area contributed by atoms with Gasteiger partial charge in [-0.15, -0.1) is 0 Å². The lowest BCUT2D eigenvalue weighted by Gasteiger charge is -2.05. The van der Waals surface area contributed by atoms with E-state index in [0.29, 0.717) is 16.1 Å². The normalized spacial score (nSPS) is 10.3. The molecule has 0 unspecified atom stereocenters. The summed E-state index contributed by atoms with van der Waals surface area (Å²) in [6.45, 7) is 0. The first-order chi connectivity index (χ1) is 20.1. The van der Waals surface area contributed by atoms with Crippen molar-refractivity contribution < 1.29 is 9.59 Å². The second-order valence-electron chi connectivity index (χ2n) is 9.39. The molecule has 6 aromatic carbocycles. The maximum absolute atomic E-state index is 12.4. The van der Waals surface area contributed by atoms with E-state index in [0.717, 1.165) is 33.4 Å². The molecule has 6 aromatic rings. The zero-order valence-corrected chi connectivity index (χ0v) is 23.0. The van der Waals surface area contributed by atoms with Gasteiger partial charge in [0.05, 0.1) is 5.02 Å². The number of carbonyl (C=O) groups is 2. The van der Waals surface area contributed by atoms with Gasteiger partial charge in [0.2, 0.25) is 0 Å². The summed E-state index contributed by atoms with van der Waals surface area (Å²) in [4.78, 5) is 24.7. The van der Waals surface area contributed by atoms with Crippen LogP contribution in [0, 0.1) is 0 Å². The topological polar surface area (TPSA) is 34.1 Å². The molecule has 0 saturated heterocycles. The van der Waals surface area contributed by atoms with Crippen LogP contribution in [0.5, 0.6) is 0 Å². The van der Waals surface area contributed by atoms with Crippen molar-refractivity contribution in [1.82, 2.24) is 0 Å². The Morgan fingerprint density at radius 3 is 1.15 bits per heavy atom. The van der Waals surface area contributed by atoms with Crippen molar-refractivity contribution in [3.8, 4) is 22.3 Å². The fourth-order valence-corrected chi connectivity index (χ4v) is 4.67. The zero-order valence-electron chi connectivity index (χ0n) is 22.3. The first kappa shape index (κ1) is 27.5. The average molecular weight is 551 g/mol. The second-order valence-corrected chi connectivity index (χ2v) is 9.80. The highest BCUT2D eigenvalue weighted by atomic mass is 35.5. The molecule has 3 heteroatoms. The number of halogens is 1. The predicted molar refractivity (Wildman–Crippen MR) is 169 cm³/mol. The maximum Gasteiger partial charge on any atom is 0.194 e. The third kappa shape index (κ3) is 6.94. The Balaban J connectivity index is 0.000000165. The van der Waals surface area contributed by atoms with Crippen molar-refractivity contribution in [3.63, 3.8) is 0 Å². The van der Waals surface area contributed by atoms with E-state index >= 15 is 0 Å². The molecule has 0 fully saturated rings. The van der Waals surface area contributed by atoms with Crippen LogP contribution in [0.1, 0.15) is 31.8 Å². The van der Waals surface area contributed by atoms with Gasteiger partial charge >= 0.3 is 0 Å². The highest BCUT2D eigenvalue weighted by molar-refractivity contribution is 6.35. The smallest absolute Gasteiger partial charge is 0.194 e. The van der Waals surface area contributed by atoms with E-state index in [9.17, 15) is 9.59 Å². The molecule has 0 radical (unpaired) electrons. The molecule has 0 N–H and O–H groups in total. The number of carbonyl (C=O) groups excluding carboxylic acids is 2. The summed E-state index contributed by atoms with van der Waals surface area (Å²) in [6, 6.07) is 52.0. The molecule has 0 aliphatic carbocycles. The Morgan fingerprint density at radius 1 is 0.341 bits per heavy atom. The van der Waals surface area contributed by atoms with E-state index in [-0.39, 0.29) is 11.6 Å². The van der Waals surface area contributed by atoms with Crippen molar-refractivity contribution >= 4 is 23.2 Å². The predicted octanol–water partition coefficient (Wildman–Crippen LogP) is 9.82. The number of hydrogen-bond donors (Lipinski definition) is 0. The highest BCUT2D eigenvalue weighted by Gasteiger charge is 2.12. The van der Waals surface area contributed by atoms with Crippen molar-refractivity contribution in [1.29, 1.82) is 0 Å². The van der Waals surface area contributed by atoms with Crippen LogP contribution in [0.3, 0.4) is 0 Å². The van der Waals surface area contributed by atoms with Gasteiger partial charge in [0.15, 0.2) is 11.6 Å².